The van der Waals surface area contributed by atoms with Crippen molar-refractivity contribution in [1.29, 1.82) is 0 Å². The monoisotopic (exact) mass is 197 g/mol. The van der Waals surface area contributed by atoms with E-state index in [9.17, 15) is 4.39 Å². The maximum Gasteiger partial charge on any atom is 0.122 e. The van der Waals surface area contributed by atoms with Gasteiger partial charge in [-0.25, -0.2) is 4.39 Å². The van der Waals surface area contributed by atoms with Crippen LogP contribution < -0.4 is 5.32 Å². The molecule has 1 rings (SSSR count). The van der Waals surface area contributed by atoms with Gasteiger partial charge >= 0.3 is 0 Å². The Hall–Kier alpha value is -0.890. The third-order valence-corrected chi connectivity index (χ3v) is 2.55. The molecule has 14 heavy (non-hydrogen) atoms. The third kappa shape index (κ3) is 3.11. The van der Waals surface area contributed by atoms with Crippen LogP contribution in [0.25, 0.3) is 0 Å². The highest BCUT2D eigenvalue weighted by molar-refractivity contribution is 5.28. The van der Waals surface area contributed by atoms with E-state index in [1.165, 1.54) is 11.6 Å². The first-order valence-corrected chi connectivity index (χ1v) is 5.15. The van der Waals surface area contributed by atoms with E-state index in [-0.39, 0.29) is 7.25 Å². The van der Waals surface area contributed by atoms with Gasteiger partial charge in [0.1, 0.15) is 5.83 Å². The first kappa shape index (κ1) is 11.2. The van der Waals surface area contributed by atoms with E-state index >= 15 is 0 Å². The molecule has 0 saturated heterocycles. The van der Waals surface area contributed by atoms with Gasteiger partial charge in [0.15, 0.2) is 0 Å². The highest BCUT2D eigenvalue weighted by Crippen LogP contribution is 2.21. The van der Waals surface area contributed by atoms with Crippen LogP contribution >= 0.6 is 0 Å². The van der Waals surface area contributed by atoms with Crippen LogP contribution in [0.1, 0.15) is 21.2 Å². The van der Waals surface area contributed by atoms with Crippen LogP contribution in [0.15, 0.2) is 35.7 Å². The molecule has 1 atom stereocenters. The predicted octanol–water partition coefficient (Wildman–Crippen LogP) is 3.22. The fourth-order valence-corrected chi connectivity index (χ4v) is 1.70. The van der Waals surface area contributed by atoms with Crippen molar-refractivity contribution < 1.29 is 5.82 Å². The van der Waals surface area contributed by atoms with Gasteiger partial charge in [0.25, 0.3) is 0 Å². The molecule has 0 fully saturated rings. The Balaban J connectivity index is 0.00000196. The van der Waals surface area contributed by atoms with Gasteiger partial charge in [-0.05, 0) is 38.0 Å². The maximum atomic E-state index is 12.9. The molecule has 0 aromatic heterocycles. The lowest BCUT2D eigenvalue weighted by Gasteiger charge is -2.16. The molecule has 0 spiro atoms. The maximum absolute atomic E-state index is 12.9. The lowest BCUT2D eigenvalue weighted by molar-refractivity contribution is 0.545. The molecule has 1 N–H and O–H groups in total. The molecule has 1 unspecified atom stereocenters. The Bertz CT molecular complexity index is 269. The molecule has 0 aromatic carbocycles. The van der Waals surface area contributed by atoms with Crippen LogP contribution in [0.2, 0.25) is 0 Å². The van der Waals surface area contributed by atoms with Gasteiger partial charge in [-0.15, -0.1) is 0 Å². The third-order valence-electron chi connectivity index (χ3n) is 2.55. The van der Waals surface area contributed by atoms with Crippen LogP contribution in [0.4, 0.5) is 4.39 Å². The van der Waals surface area contributed by atoms with Gasteiger partial charge < -0.3 is 5.32 Å². The number of rotatable bonds is 4. The number of hydrogen-bond acceptors (Lipinski definition) is 1. The average molecular weight is 197 g/mol. The summed E-state index contributed by atoms with van der Waals surface area (Å²) < 4.78 is 12.9. The molecule has 1 nitrogen and oxygen atoms in total. The van der Waals surface area contributed by atoms with Crippen molar-refractivity contribution >= 4 is 0 Å². The molecule has 0 aliphatic heterocycles. The summed E-state index contributed by atoms with van der Waals surface area (Å²) in [7, 11) is 1.95. The molecule has 0 radical (unpaired) electrons. The molecule has 0 saturated carbocycles. The average Bonchev–Trinajstić information content (AvgIpc) is 2.40. The molecule has 1 aliphatic rings. The molecule has 1 aliphatic carbocycles. The summed E-state index contributed by atoms with van der Waals surface area (Å²) in [6, 6.07) is 0. The lowest BCUT2D eigenvalue weighted by atomic mass is 9.93. The van der Waals surface area contributed by atoms with Crippen molar-refractivity contribution in [2.24, 2.45) is 5.92 Å². The lowest BCUT2D eigenvalue weighted by Crippen LogP contribution is -2.19. The summed E-state index contributed by atoms with van der Waals surface area (Å²) >= 11 is 0. The van der Waals surface area contributed by atoms with Gasteiger partial charge in [0, 0.05) is 7.97 Å². The molecule has 0 heterocycles. The van der Waals surface area contributed by atoms with Gasteiger partial charge in [-0.3, -0.25) is 0 Å². The molecule has 0 amide bonds. The van der Waals surface area contributed by atoms with E-state index in [1.807, 2.05) is 19.2 Å². The SMILES string of the molecule is CCC(CNC)C1=CC=C(F)C=CC1.[HH]. The van der Waals surface area contributed by atoms with Crippen molar-refractivity contribution in [3.8, 4) is 0 Å². The van der Waals surface area contributed by atoms with Gasteiger partial charge in [-0.2, -0.15) is 0 Å². The van der Waals surface area contributed by atoms with Gasteiger partial charge in [0.2, 0.25) is 0 Å². The zero-order chi connectivity index (χ0) is 10.4. The Morgan fingerprint density at radius 1 is 1.57 bits per heavy atom. The minimum absolute atomic E-state index is 0. The van der Waals surface area contributed by atoms with Crippen LogP contribution in [-0.4, -0.2) is 13.6 Å². The second kappa shape index (κ2) is 5.76. The Kier molecular flexibility index (Phi) is 4.60. The minimum Gasteiger partial charge on any atom is -0.319 e. The molecular weight excluding hydrogens is 177 g/mol. The van der Waals surface area contributed by atoms with Crippen LogP contribution in [-0.2, 0) is 0 Å². The number of allylic oxidation sites excluding steroid dienone is 5. The molecule has 80 valence electrons. The fourth-order valence-electron chi connectivity index (χ4n) is 1.70. The summed E-state index contributed by atoms with van der Waals surface area (Å²) in [5.41, 5.74) is 1.31. The van der Waals surface area contributed by atoms with Crippen molar-refractivity contribution in [2.45, 2.75) is 19.8 Å². The number of halogens is 1. The van der Waals surface area contributed by atoms with E-state index in [0.29, 0.717) is 5.92 Å². The Morgan fingerprint density at radius 3 is 3.00 bits per heavy atom. The summed E-state index contributed by atoms with van der Waals surface area (Å²) in [6.07, 6.45) is 8.86. The molecule has 2 heteroatoms. The van der Waals surface area contributed by atoms with Gasteiger partial charge in [-0.1, -0.05) is 24.6 Å². The van der Waals surface area contributed by atoms with Crippen LogP contribution in [0, 0.1) is 5.92 Å². The molecular formula is C12H20FN. The zero-order valence-corrected chi connectivity index (χ0v) is 8.89. The predicted molar refractivity (Wildman–Crippen MR) is 60.9 cm³/mol. The quantitative estimate of drug-likeness (QED) is 0.729. The number of hydrogen-bond donors (Lipinski definition) is 1. The smallest absolute Gasteiger partial charge is 0.122 e. The van der Waals surface area contributed by atoms with E-state index in [4.69, 9.17) is 0 Å². The van der Waals surface area contributed by atoms with E-state index in [1.54, 1.807) is 6.08 Å². The summed E-state index contributed by atoms with van der Waals surface area (Å²) in [6.45, 7) is 3.13. The van der Waals surface area contributed by atoms with Crippen LogP contribution in [0.3, 0.4) is 0 Å². The Morgan fingerprint density at radius 2 is 2.36 bits per heavy atom. The van der Waals surface area contributed by atoms with Crippen molar-refractivity contribution in [3.63, 3.8) is 0 Å². The van der Waals surface area contributed by atoms with Gasteiger partial charge in [0.05, 0.1) is 0 Å². The Labute approximate surface area is 86.9 Å². The standard InChI is InChI=1S/C12H18FN.H2/c1-3-10(9-14-2)11-5-4-6-12(13)8-7-11;/h4,6-8,10,14H,3,5,9H2,1-2H3;1H. The first-order valence-electron chi connectivity index (χ1n) is 5.15. The highest BCUT2D eigenvalue weighted by atomic mass is 19.1. The highest BCUT2D eigenvalue weighted by Gasteiger charge is 2.10. The topological polar surface area (TPSA) is 12.0 Å². The largest absolute Gasteiger partial charge is 0.319 e. The van der Waals surface area contributed by atoms with Crippen molar-refractivity contribution in [2.75, 3.05) is 13.6 Å². The van der Waals surface area contributed by atoms with Crippen molar-refractivity contribution in [3.05, 3.63) is 35.7 Å². The first-order chi connectivity index (χ1) is 6.77. The van der Waals surface area contributed by atoms with E-state index < -0.39 is 0 Å². The van der Waals surface area contributed by atoms with E-state index in [0.717, 1.165) is 19.4 Å². The normalized spacial score (nSPS) is 18.5. The summed E-state index contributed by atoms with van der Waals surface area (Å²) in [4.78, 5) is 0. The zero-order valence-electron chi connectivity index (χ0n) is 8.89. The van der Waals surface area contributed by atoms with Crippen LogP contribution in [0.5, 0.6) is 0 Å². The molecule has 0 bridgehead atoms. The number of nitrogens with one attached hydrogen (secondary N) is 1. The summed E-state index contributed by atoms with van der Waals surface area (Å²) in [5.74, 6) is 0.367. The summed E-state index contributed by atoms with van der Waals surface area (Å²) in [5, 5.41) is 3.17. The second-order valence-electron chi connectivity index (χ2n) is 3.56. The van der Waals surface area contributed by atoms with E-state index in [2.05, 4.69) is 12.2 Å². The molecule has 0 aromatic rings. The second-order valence-corrected chi connectivity index (χ2v) is 3.56. The fraction of sp³-hybridized carbons (Fsp3) is 0.500. The van der Waals surface area contributed by atoms with Crippen molar-refractivity contribution in [1.82, 2.24) is 5.32 Å². The minimum atomic E-state index is -0.153.